The van der Waals surface area contributed by atoms with E-state index in [-0.39, 0.29) is 18.3 Å². The van der Waals surface area contributed by atoms with E-state index in [9.17, 15) is 4.79 Å². The average Bonchev–Trinajstić information content (AvgIpc) is 2.71. The van der Waals surface area contributed by atoms with Gasteiger partial charge in [-0.2, -0.15) is 0 Å². The number of rotatable bonds is 7. The first-order chi connectivity index (χ1) is 12.6. The fourth-order valence-electron chi connectivity index (χ4n) is 3.31. The third-order valence-electron chi connectivity index (χ3n) is 4.69. The van der Waals surface area contributed by atoms with Crippen LogP contribution in [0.4, 0.5) is 0 Å². The van der Waals surface area contributed by atoms with Crippen LogP contribution >= 0.6 is 11.6 Å². The van der Waals surface area contributed by atoms with E-state index in [1.54, 1.807) is 14.2 Å². The van der Waals surface area contributed by atoms with Gasteiger partial charge in [0.15, 0.2) is 17.3 Å². The Bertz CT molecular complexity index is 781. The van der Waals surface area contributed by atoms with Gasteiger partial charge in [0, 0.05) is 6.54 Å². The lowest BCUT2D eigenvalue weighted by Gasteiger charge is -2.38. The zero-order chi connectivity index (χ0) is 18.6. The predicted octanol–water partition coefficient (Wildman–Crippen LogP) is 2.93. The molecule has 0 spiro atoms. The first kappa shape index (κ1) is 18.5. The Hall–Kier alpha value is -2.24. The Balaban J connectivity index is 2.04. The van der Waals surface area contributed by atoms with Crippen molar-refractivity contribution in [3.05, 3.63) is 53.6 Å². The summed E-state index contributed by atoms with van der Waals surface area (Å²) in [6.45, 7) is 0.786. The summed E-state index contributed by atoms with van der Waals surface area (Å²) in [7, 11) is 3.17. The van der Waals surface area contributed by atoms with Crippen molar-refractivity contribution in [3.8, 4) is 17.2 Å². The molecule has 0 saturated carbocycles. The standard InChI is InChI=1S/C20H22ClNO4/c1-24-17-10-14-8-9-22-20(19(23)12-21,16(14)11-18(17)25-2)13-26-15-6-4-3-5-7-15/h3-7,10-11,22H,8-9,12-13H2,1-2H3. The minimum Gasteiger partial charge on any atom is -0.493 e. The first-order valence-electron chi connectivity index (χ1n) is 8.42. The van der Waals surface area contributed by atoms with E-state index in [1.807, 2.05) is 42.5 Å². The number of carbonyl (C=O) groups is 1. The van der Waals surface area contributed by atoms with Gasteiger partial charge in [-0.15, -0.1) is 11.6 Å². The summed E-state index contributed by atoms with van der Waals surface area (Å²) in [5.74, 6) is 1.66. The minimum atomic E-state index is -1.02. The van der Waals surface area contributed by atoms with Crippen molar-refractivity contribution in [3.63, 3.8) is 0 Å². The number of methoxy groups -OCH3 is 2. The van der Waals surface area contributed by atoms with Gasteiger partial charge in [-0.3, -0.25) is 10.1 Å². The fraction of sp³-hybridized carbons (Fsp3) is 0.350. The van der Waals surface area contributed by atoms with Crippen molar-refractivity contribution in [1.29, 1.82) is 0 Å². The summed E-state index contributed by atoms with van der Waals surface area (Å²) in [6.07, 6.45) is 0.776. The number of fused-ring (bicyclic) bond motifs is 1. The zero-order valence-electron chi connectivity index (χ0n) is 14.9. The Morgan fingerprint density at radius 2 is 1.85 bits per heavy atom. The highest BCUT2D eigenvalue weighted by molar-refractivity contribution is 6.29. The normalized spacial score (nSPS) is 18.7. The maximum atomic E-state index is 12.9. The highest BCUT2D eigenvalue weighted by Crippen LogP contribution is 2.38. The number of hydrogen-bond donors (Lipinski definition) is 1. The van der Waals surface area contributed by atoms with Crippen LogP contribution in [0.3, 0.4) is 0 Å². The third-order valence-corrected chi connectivity index (χ3v) is 4.93. The number of hydrogen-bond acceptors (Lipinski definition) is 5. The van der Waals surface area contributed by atoms with E-state index >= 15 is 0 Å². The van der Waals surface area contributed by atoms with E-state index in [0.29, 0.717) is 23.8 Å². The van der Waals surface area contributed by atoms with Crippen LogP contribution in [0.15, 0.2) is 42.5 Å². The zero-order valence-corrected chi connectivity index (χ0v) is 15.6. The van der Waals surface area contributed by atoms with Gasteiger partial charge in [-0.05, 0) is 41.8 Å². The molecule has 3 rings (SSSR count). The molecule has 1 unspecified atom stereocenters. The summed E-state index contributed by atoms with van der Waals surface area (Å²) in [4.78, 5) is 12.9. The maximum absolute atomic E-state index is 12.9. The number of carbonyl (C=O) groups excluding carboxylic acids is 1. The molecule has 0 amide bonds. The van der Waals surface area contributed by atoms with E-state index < -0.39 is 5.54 Å². The van der Waals surface area contributed by atoms with Gasteiger partial charge in [0.2, 0.25) is 0 Å². The Morgan fingerprint density at radius 3 is 2.50 bits per heavy atom. The fourth-order valence-corrected chi connectivity index (χ4v) is 3.54. The lowest BCUT2D eigenvalue weighted by Crippen LogP contribution is -2.57. The molecule has 6 heteroatoms. The second-order valence-corrected chi connectivity index (χ2v) is 6.37. The molecule has 1 heterocycles. The number of halogens is 1. The van der Waals surface area contributed by atoms with Gasteiger partial charge in [-0.1, -0.05) is 18.2 Å². The second-order valence-electron chi connectivity index (χ2n) is 6.10. The predicted molar refractivity (Wildman–Crippen MR) is 101 cm³/mol. The van der Waals surface area contributed by atoms with Crippen molar-refractivity contribution < 1.29 is 19.0 Å². The molecule has 1 atom stereocenters. The molecule has 0 aliphatic carbocycles. The minimum absolute atomic E-state index is 0.112. The lowest BCUT2D eigenvalue weighted by atomic mass is 9.79. The van der Waals surface area contributed by atoms with Crippen molar-refractivity contribution in [2.45, 2.75) is 12.0 Å². The first-order valence-corrected chi connectivity index (χ1v) is 8.95. The molecule has 26 heavy (non-hydrogen) atoms. The SMILES string of the molecule is COc1cc2c(cc1OC)C(COc1ccccc1)(C(=O)CCl)NCC2. The van der Waals surface area contributed by atoms with Crippen LogP contribution in [-0.4, -0.2) is 39.0 Å². The highest BCUT2D eigenvalue weighted by Gasteiger charge is 2.44. The van der Waals surface area contributed by atoms with Gasteiger partial charge in [0.25, 0.3) is 0 Å². The van der Waals surface area contributed by atoms with Crippen LogP contribution in [0.1, 0.15) is 11.1 Å². The summed E-state index contributed by atoms with van der Waals surface area (Å²) in [5, 5.41) is 3.34. The second kappa shape index (κ2) is 7.98. The number of ether oxygens (including phenoxy) is 3. The van der Waals surface area contributed by atoms with Crippen LogP contribution < -0.4 is 19.5 Å². The monoisotopic (exact) mass is 375 g/mol. The number of alkyl halides is 1. The van der Waals surface area contributed by atoms with Gasteiger partial charge >= 0.3 is 0 Å². The van der Waals surface area contributed by atoms with Gasteiger partial charge in [0.05, 0.1) is 20.1 Å². The summed E-state index contributed by atoms with van der Waals surface area (Å²) < 4.78 is 16.8. The van der Waals surface area contributed by atoms with Crippen LogP contribution in [-0.2, 0) is 16.8 Å². The maximum Gasteiger partial charge on any atom is 0.175 e. The van der Waals surface area contributed by atoms with Crippen molar-refractivity contribution in [2.24, 2.45) is 0 Å². The van der Waals surface area contributed by atoms with Crippen LogP contribution in [0, 0.1) is 0 Å². The molecule has 1 N–H and O–H groups in total. The number of benzene rings is 2. The summed E-state index contributed by atoms with van der Waals surface area (Å²) in [6, 6.07) is 13.2. The molecule has 2 aromatic carbocycles. The number of ketones is 1. The lowest BCUT2D eigenvalue weighted by molar-refractivity contribution is -0.125. The molecule has 138 valence electrons. The topological polar surface area (TPSA) is 56.8 Å². The molecule has 0 saturated heterocycles. The van der Waals surface area contributed by atoms with Crippen molar-refractivity contribution in [2.75, 3.05) is 33.3 Å². The molecule has 1 aliphatic heterocycles. The quantitative estimate of drug-likeness (QED) is 0.754. The molecule has 0 radical (unpaired) electrons. The van der Waals surface area contributed by atoms with Gasteiger partial charge < -0.3 is 14.2 Å². The van der Waals surface area contributed by atoms with E-state index in [1.165, 1.54) is 0 Å². The third kappa shape index (κ3) is 3.37. The summed E-state index contributed by atoms with van der Waals surface area (Å²) >= 11 is 5.95. The van der Waals surface area contributed by atoms with Crippen molar-refractivity contribution in [1.82, 2.24) is 5.32 Å². The molecule has 0 bridgehead atoms. The Morgan fingerprint density at radius 1 is 1.15 bits per heavy atom. The van der Waals surface area contributed by atoms with Crippen LogP contribution in [0.5, 0.6) is 17.2 Å². The molecule has 1 aliphatic rings. The smallest absolute Gasteiger partial charge is 0.175 e. The van der Waals surface area contributed by atoms with E-state index in [0.717, 1.165) is 17.5 Å². The molecule has 2 aromatic rings. The van der Waals surface area contributed by atoms with Gasteiger partial charge in [-0.25, -0.2) is 0 Å². The van der Waals surface area contributed by atoms with Crippen LogP contribution in [0.25, 0.3) is 0 Å². The Kier molecular flexibility index (Phi) is 5.69. The Labute approximate surface area is 158 Å². The van der Waals surface area contributed by atoms with Crippen molar-refractivity contribution >= 4 is 17.4 Å². The molecule has 0 fully saturated rings. The van der Waals surface area contributed by atoms with Gasteiger partial charge in [0.1, 0.15) is 17.9 Å². The highest BCUT2D eigenvalue weighted by atomic mass is 35.5. The average molecular weight is 376 g/mol. The van der Waals surface area contributed by atoms with E-state index in [2.05, 4.69) is 5.32 Å². The van der Waals surface area contributed by atoms with E-state index in [4.69, 9.17) is 25.8 Å². The van der Waals surface area contributed by atoms with Crippen LogP contribution in [0.2, 0.25) is 0 Å². The molecule has 5 nitrogen and oxygen atoms in total. The molecular weight excluding hydrogens is 354 g/mol. The number of Topliss-reactive ketones (excluding diaryl/α,β-unsaturated/α-hetero) is 1. The summed E-state index contributed by atoms with van der Waals surface area (Å²) in [5.41, 5.74) is 0.824. The number of nitrogens with one attached hydrogen (secondary N) is 1. The molecular formula is C20H22ClNO4. The number of para-hydroxylation sites is 1. The largest absolute Gasteiger partial charge is 0.493 e. The molecule has 0 aromatic heterocycles.